The van der Waals surface area contributed by atoms with E-state index in [0.29, 0.717) is 32.8 Å². The van der Waals surface area contributed by atoms with Crippen molar-refractivity contribution < 1.29 is 44.7 Å². The zero-order valence-corrected chi connectivity index (χ0v) is 20.6. The van der Waals surface area contributed by atoms with Gasteiger partial charge in [0.2, 0.25) is 10.0 Å². The monoisotopic (exact) mass is 517 g/mol. The summed E-state index contributed by atoms with van der Waals surface area (Å²) in [5.41, 5.74) is 0. The molecule has 0 aliphatic heterocycles. The lowest BCUT2D eigenvalue weighted by atomic mass is 10.3. The van der Waals surface area contributed by atoms with Crippen LogP contribution in [0.2, 0.25) is 0 Å². The summed E-state index contributed by atoms with van der Waals surface area (Å²) in [7, 11) is -9.93. The van der Waals surface area contributed by atoms with Crippen LogP contribution in [0.5, 0.6) is 0 Å². The zero-order valence-electron chi connectivity index (χ0n) is 18.9. The van der Waals surface area contributed by atoms with Gasteiger partial charge < -0.3 is 13.8 Å². The largest absolute Gasteiger partial charge is 0.467 e. The summed E-state index contributed by atoms with van der Waals surface area (Å²) in [5.74, 6) is -2.15. The van der Waals surface area contributed by atoms with Crippen LogP contribution in [-0.2, 0) is 33.2 Å². The second kappa shape index (κ2) is 12.9. The molecular formula is C20H31F3NO7PS. The molecular weight excluding hydrogens is 486 g/mol. The van der Waals surface area contributed by atoms with E-state index in [1.54, 1.807) is 0 Å². The van der Waals surface area contributed by atoms with Crippen molar-refractivity contribution in [3.05, 3.63) is 30.3 Å². The predicted molar refractivity (Wildman–Crippen MR) is 116 cm³/mol. The molecule has 0 aliphatic rings. The van der Waals surface area contributed by atoms with E-state index < -0.39 is 53.2 Å². The van der Waals surface area contributed by atoms with E-state index in [4.69, 9.17) is 9.05 Å². The van der Waals surface area contributed by atoms with Crippen molar-refractivity contribution >= 4 is 23.6 Å². The Morgan fingerprint density at radius 3 is 1.85 bits per heavy atom. The number of esters is 1. The summed E-state index contributed by atoms with van der Waals surface area (Å²) in [5, 5.41) is -4.30. The molecule has 1 rings (SSSR count). The van der Waals surface area contributed by atoms with Gasteiger partial charge >= 0.3 is 25.0 Å². The number of carbonyl (C=O) groups is 1. The van der Waals surface area contributed by atoms with Crippen LogP contribution in [0.25, 0.3) is 0 Å². The molecule has 0 radical (unpaired) electrons. The van der Waals surface area contributed by atoms with Crippen molar-refractivity contribution in [1.29, 1.82) is 0 Å². The number of carbonyl (C=O) groups excluding carboxylic acids is 1. The highest BCUT2D eigenvalue weighted by Gasteiger charge is 2.76. The van der Waals surface area contributed by atoms with Crippen LogP contribution in [0, 0.1) is 0 Å². The molecule has 0 spiro atoms. The Morgan fingerprint density at radius 1 is 0.970 bits per heavy atom. The van der Waals surface area contributed by atoms with Crippen molar-refractivity contribution in [3.63, 3.8) is 0 Å². The van der Waals surface area contributed by atoms with Gasteiger partial charge in [-0.25, -0.2) is 13.2 Å². The van der Waals surface area contributed by atoms with Crippen LogP contribution in [0.1, 0.15) is 52.4 Å². The van der Waals surface area contributed by atoms with Crippen molar-refractivity contribution in [1.82, 2.24) is 4.72 Å². The summed E-state index contributed by atoms with van der Waals surface area (Å²) < 4.78 is 98.9. The number of ether oxygens (including phenoxy) is 1. The van der Waals surface area contributed by atoms with Crippen molar-refractivity contribution in [3.8, 4) is 0 Å². The fraction of sp³-hybridized carbons (Fsp3) is 0.650. The van der Waals surface area contributed by atoms with Crippen LogP contribution in [-0.4, -0.2) is 46.2 Å². The standard InChI is InChI=1S/C20H31F3NO7PS/c1-4-6-11-15-30-32(26,31-16-12-7-5-2)19(18(25)29-3,20(21,22)23)24-33(27,28)17-13-9-8-10-14-17/h8-10,13-14,24H,4-7,11-12,15-16H2,1-3H3. The number of rotatable bonds is 15. The SMILES string of the molecule is CCCCCOP(=O)(OCCCCC)C(NS(=O)(=O)c1ccccc1)(C(=O)OC)C(F)(F)F. The van der Waals surface area contributed by atoms with E-state index in [2.05, 4.69) is 4.74 Å². The molecule has 1 atom stereocenters. The number of nitrogens with one attached hydrogen (secondary N) is 1. The van der Waals surface area contributed by atoms with Gasteiger partial charge in [-0.3, -0.25) is 4.57 Å². The Labute approximate surface area is 192 Å². The van der Waals surface area contributed by atoms with E-state index in [-0.39, 0.29) is 12.8 Å². The Kier molecular flexibility index (Phi) is 11.5. The van der Waals surface area contributed by atoms with Gasteiger partial charge in [0, 0.05) is 0 Å². The van der Waals surface area contributed by atoms with Gasteiger partial charge in [0.15, 0.2) is 0 Å². The minimum Gasteiger partial charge on any atom is -0.467 e. The van der Waals surface area contributed by atoms with Crippen molar-refractivity contribution in [2.45, 2.75) is 68.7 Å². The third-order valence-corrected chi connectivity index (χ3v) is 8.69. The van der Waals surface area contributed by atoms with E-state index in [0.717, 1.165) is 12.1 Å². The maximum Gasteiger partial charge on any atom is 0.430 e. The first kappa shape index (κ1) is 29.6. The number of hydrogen-bond acceptors (Lipinski definition) is 7. The molecule has 13 heteroatoms. The lowest BCUT2D eigenvalue weighted by Crippen LogP contribution is -2.64. The topological polar surface area (TPSA) is 108 Å². The van der Waals surface area contributed by atoms with Crippen LogP contribution in [0.3, 0.4) is 0 Å². The lowest BCUT2D eigenvalue weighted by Gasteiger charge is -2.37. The normalized spacial score (nSPS) is 14.6. The summed E-state index contributed by atoms with van der Waals surface area (Å²) in [6.45, 7) is 2.79. The average molecular weight is 518 g/mol. The smallest absolute Gasteiger partial charge is 0.430 e. The molecule has 1 N–H and O–H groups in total. The molecule has 0 heterocycles. The minimum atomic E-state index is -5.73. The third kappa shape index (κ3) is 7.26. The maximum absolute atomic E-state index is 14.5. The van der Waals surface area contributed by atoms with Gasteiger partial charge in [-0.05, 0) is 25.0 Å². The average Bonchev–Trinajstić information content (AvgIpc) is 2.77. The number of unbranched alkanes of at least 4 members (excludes halogenated alkanes) is 4. The molecule has 0 saturated carbocycles. The molecule has 0 aromatic heterocycles. The Balaban J connectivity index is 3.64. The zero-order chi connectivity index (χ0) is 25.2. The van der Waals surface area contributed by atoms with Crippen molar-refractivity contribution in [2.75, 3.05) is 20.3 Å². The van der Waals surface area contributed by atoms with Crippen LogP contribution >= 0.6 is 7.60 Å². The van der Waals surface area contributed by atoms with Gasteiger partial charge in [-0.15, -0.1) is 0 Å². The van der Waals surface area contributed by atoms with E-state index in [9.17, 15) is 30.9 Å². The first-order valence-electron chi connectivity index (χ1n) is 10.5. The fourth-order valence-electron chi connectivity index (χ4n) is 2.84. The van der Waals surface area contributed by atoms with E-state index in [1.807, 2.05) is 13.8 Å². The molecule has 0 saturated heterocycles. The number of halogens is 3. The van der Waals surface area contributed by atoms with Crippen molar-refractivity contribution in [2.24, 2.45) is 0 Å². The van der Waals surface area contributed by atoms with Crippen LogP contribution in [0.15, 0.2) is 35.2 Å². The molecule has 190 valence electrons. The first-order chi connectivity index (χ1) is 15.4. The molecule has 0 aliphatic carbocycles. The molecule has 0 fully saturated rings. The van der Waals surface area contributed by atoms with Crippen LogP contribution in [0.4, 0.5) is 13.2 Å². The highest BCUT2D eigenvalue weighted by atomic mass is 32.2. The summed E-state index contributed by atoms with van der Waals surface area (Å²) in [6.07, 6.45) is -2.82. The number of methoxy groups -OCH3 is 1. The number of sulfonamides is 1. The maximum atomic E-state index is 14.5. The van der Waals surface area contributed by atoms with Gasteiger partial charge in [-0.2, -0.15) is 17.9 Å². The number of alkyl halides is 3. The number of benzene rings is 1. The predicted octanol–water partition coefficient (Wildman–Crippen LogP) is 5.00. The molecule has 33 heavy (non-hydrogen) atoms. The van der Waals surface area contributed by atoms with Gasteiger partial charge in [0.05, 0.1) is 25.2 Å². The quantitative estimate of drug-likeness (QED) is 0.198. The molecule has 1 unspecified atom stereocenters. The second-order valence-electron chi connectivity index (χ2n) is 7.20. The second-order valence-corrected chi connectivity index (χ2v) is 11.1. The molecule has 1 aromatic carbocycles. The minimum absolute atomic E-state index is 0.222. The lowest BCUT2D eigenvalue weighted by molar-refractivity contribution is -0.193. The molecule has 0 bridgehead atoms. The molecule has 8 nitrogen and oxygen atoms in total. The van der Waals surface area contributed by atoms with Gasteiger partial charge in [0.1, 0.15) is 0 Å². The summed E-state index contributed by atoms with van der Waals surface area (Å²) in [6, 6.07) is 6.06. The van der Waals surface area contributed by atoms with Crippen LogP contribution < -0.4 is 4.72 Å². The number of hydrogen-bond donors (Lipinski definition) is 1. The van der Waals surface area contributed by atoms with Gasteiger partial charge in [-0.1, -0.05) is 57.7 Å². The fourth-order valence-corrected chi connectivity index (χ4v) is 6.70. The third-order valence-electron chi connectivity index (χ3n) is 4.66. The molecule has 0 amide bonds. The molecule has 1 aromatic rings. The van der Waals surface area contributed by atoms with E-state index >= 15 is 0 Å². The first-order valence-corrected chi connectivity index (χ1v) is 13.6. The Hall–Kier alpha value is -1.46. The highest BCUT2D eigenvalue weighted by Crippen LogP contribution is 2.65. The highest BCUT2D eigenvalue weighted by molar-refractivity contribution is 7.90. The summed E-state index contributed by atoms with van der Waals surface area (Å²) >= 11 is 0. The summed E-state index contributed by atoms with van der Waals surface area (Å²) in [4.78, 5) is 12.0. The Bertz CT molecular complexity index is 881. The van der Waals surface area contributed by atoms with Gasteiger partial charge in [0.25, 0.3) is 0 Å². The Morgan fingerprint density at radius 2 is 1.45 bits per heavy atom. The van der Waals surface area contributed by atoms with E-state index in [1.165, 1.54) is 22.9 Å².